The first-order chi connectivity index (χ1) is 15.4. The molecule has 1 heterocycles. The van der Waals surface area contributed by atoms with Crippen molar-refractivity contribution in [1.82, 2.24) is 5.32 Å². The van der Waals surface area contributed by atoms with Gasteiger partial charge in [0.1, 0.15) is 11.5 Å². The highest BCUT2D eigenvalue weighted by Gasteiger charge is 2.52. The molecule has 10 heteroatoms. The molecular formula is C23H27BFNO6S. The van der Waals surface area contributed by atoms with Gasteiger partial charge >= 0.3 is 23.4 Å². The molecule has 0 aliphatic carbocycles. The molecular weight excluding hydrogens is 448 g/mol. The number of halogens is 1. The summed E-state index contributed by atoms with van der Waals surface area (Å²) in [5.41, 5.74) is 0.00835. The molecule has 0 spiro atoms. The fraction of sp³-hybridized carbons (Fsp3) is 0.348. The van der Waals surface area contributed by atoms with Gasteiger partial charge < -0.3 is 19.4 Å². The van der Waals surface area contributed by atoms with Gasteiger partial charge in [0.2, 0.25) is 0 Å². The first kappa shape index (κ1) is 24.9. The lowest BCUT2D eigenvalue weighted by atomic mass is 9.77. The lowest BCUT2D eigenvalue weighted by Crippen LogP contribution is -2.41. The Morgan fingerprint density at radius 3 is 2.21 bits per heavy atom. The van der Waals surface area contributed by atoms with E-state index in [0.717, 1.165) is 5.56 Å². The zero-order chi connectivity index (χ0) is 24.3. The highest BCUT2D eigenvalue weighted by molar-refractivity contribution is 7.86. The summed E-state index contributed by atoms with van der Waals surface area (Å²) in [5, 5.41) is 2.63. The maximum Gasteiger partial charge on any atom is 0.492 e. The van der Waals surface area contributed by atoms with Crippen LogP contribution in [-0.4, -0.2) is 39.4 Å². The zero-order valence-corrected chi connectivity index (χ0v) is 19.8. The number of benzene rings is 2. The molecule has 0 saturated carbocycles. The Morgan fingerprint density at radius 2 is 1.61 bits per heavy atom. The monoisotopic (exact) mass is 475 g/mol. The summed E-state index contributed by atoms with van der Waals surface area (Å²) in [5.74, 6) is 0. The number of alkyl carbamates (subject to hydrolysis) is 1. The highest BCUT2D eigenvalue weighted by Crippen LogP contribution is 2.39. The van der Waals surface area contributed by atoms with E-state index in [9.17, 15) is 17.1 Å². The Balaban J connectivity index is 1.83. The van der Waals surface area contributed by atoms with Crippen LogP contribution in [0.25, 0.3) is 6.08 Å². The van der Waals surface area contributed by atoms with E-state index in [1.807, 2.05) is 58.0 Å². The highest BCUT2D eigenvalue weighted by atomic mass is 32.3. The summed E-state index contributed by atoms with van der Waals surface area (Å²) in [6.07, 6.45) is 0.777. The van der Waals surface area contributed by atoms with E-state index in [0.29, 0.717) is 5.47 Å². The second kappa shape index (κ2) is 9.66. The Hall–Kier alpha value is -2.69. The summed E-state index contributed by atoms with van der Waals surface area (Å²) < 4.78 is 54.4. The Labute approximate surface area is 194 Å². The van der Waals surface area contributed by atoms with Crippen molar-refractivity contribution in [2.45, 2.75) is 50.4 Å². The van der Waals surface area contributed by atoms with Gasteiger partial charge in [-0.2, -0.15) is 8.42 Å². The maximum atomic E-state index is 13.8. The van der Waals surface area contributed by atoms with Crippen molar-refractivity contribution in [2.75, 3.05) is 6.54 Å². The number of hydrogen-bond donors (Lipinski definition) is 1. The van der Waals surface area contributed by atoms with E-state index >= 15 is 0 Å². The van der Waals surface area contributed by atoms with E-state index in [2.05, 4.69) is 5.32 Å². The van der Waals surface area contributed by atoms with E-state index in [1.165, 1.54) is 24.3 Å². The van der Waals surface area contributed by atoms with Crippen molar-refractivity contribution in [3.8, 4) is 0 Å². The van der Waals surface area contributed by atoms with Gasteiger partial charge in [0, 0.05) is 6.54 Å². The van der Waals surface area contributed by atoms with Crippen LogP contribution in [0.15, 0.2) is 65.0 Å². The summed E-state index contributed by atoms with van der Waals surface area (Å²) in [6, 6.07) is 14.9. The number of carbonyl (C=O) groups is 1. The number of carbonyl (C=O) groups excluding carboxylic acids is 1. The first-order valence-electron chi connectivity index (χ1n) is 10.4. The molecule has 2 aromatic rings. The largest absolute Gasteiger partial charge is 0.492 e. The zero-order valence-electron chi connectivity index (χ0n) is 19.0. The van der Waals surface area contributed by atoms with Crippen LogP contribution in [0, 0.1) is 0 Å². The first-order valence-corrected chi connectivity index (χ1v) is 11.8. The molecule has 1 aliphatic heterocycles. The number of rotatable bonds is 7. The summed E-state index contributed by atoms with van der Waals surface area (Å²) in [7, 11) is -5.85. The molecule has 1 aliphatic rings. The van der Waals surface area contributed by atoms with Crippen molar-refractivity contribution < 1.29 is 31.1 Å². The van der Waals surface area contributed by atoms with Crippen LogP contribution in [0.2, 0.25) is 0 Å². The molecule has 0 bridgehead atoms. The lowest BCUT2D eigenvalue weighted by Gasteiger charge is -2.32. The molecule has 0 aromatic heterocycles. The quantitative estimate of drug-likeness (QED) is 0.475. The van der Waals surface area contributed by atoms with E-state index < -0.39 is 39.5 Å². The SMILES string of the molecule is CC1(C)OB(C(=Cc2ccccc2S(=O)(=O)F)CNC(=O)OCc2ccccc2)OC1(C)C. The molecule has 0 unspecified atom stereocenters. The maximum absolute atomic E-state index is 13.8. The predicted octanol–water partition coefficient (Wildman–Crippen LogP) is 4.29. The van der Waals surface area contributed by atoms with Crippen LogP contribution < -0.4 is 5.32 Å². The third-order valence-corrected chi connectivity index (χ3v) is 6.63. The van der Waals surface area contributed by atoms with Crippen molar-refractivity contribution >= 4 is 29.5 Å². The fourth-order valence-electron chi connectivity index (χ4n) is 3.17. The molecule has 1 N–H and O–H groups in total. The van der Waals surface area contributed by atoms with E-state index in [1.54, 1.807) is 6.07 Å². The number of amides is 1. The number of nitrogens with one attached hydrogen (secondary N) is 1. The molecule has 1 saturated heterocycles. The second-order valence-corrected chi connectivity index (χ2v) is 10.0. The van der Waals surface area contributed by atoms with Gasteiger partial charge in [-0.3, -0.25) is 0 Å². The topological polar surface area (TPSA) is 90.9 Å². The summed E-state index contributed by atoms with van der Waals surface area (Å²) in [6.45, 7) is 7.49. The van der Waals surface area contributed by atoms with Crippen molar-refractivity contribution in [3.05, 3.63) is 71.2 Å². The predicted molar refractivity (Wildman–Crippen MR) is 123 cm³/mol. The molecule has 7 nitrogen and oxygen atoms in total. The normalized spacial score (nSPS) is 17.6. The molecule has 2 aromatic carbocycles. The van der Waals surface area contributed by atoms with Gasteiger partial charge in [0.25, 0.3) is 0 Å². The average Bonchev–Trinajstić information content (AvgIpc) is 2.96. The molecule has 1 amide bonds. The number of ether oxygens (including phenoxy) is 1. The Bertz CT molecular complexity index is 1120. The third kappa shape index (κ3) is 6.22. The van der Waals surface area contributed by atoms with Crippen molar-refractivity contribution in [1.29, 1.82) is 0 Å². The number of hydrogen-bond acceptors (Lipinski definition) is 6. The van der Waals surface area contributed by atoms with E-state index in [4.69, 9.17) is 14.0 Å². The average molecular weight is 475 g/mol. The molecule has 3 rings (SSSR count). The Morgan fingerprint density at radius 1 is 1.03 bits per heavy atom. The molecule has 0 atom stereocenters. The molecule has 33 heavy (non-hydrogen) atoms. The minimum atomic E-state index is -4.96. The standard InChI is InChI=1S/C23H27BFNO6S/c1-22(2)23(3,4)32-24(31-22)19(14-18-12-8-9-13-20(18)33(25,28)29)15-26-21(27)30-16-17-10-6-5-7-11-17/h5-14H,15-16H2,1-4H3,(H,26,27). The van der Waals surface area contributed by atoms with Crippen LogP contribution in [0.5, 0.6) is 0 Å². The minimum Gasteiger partial charge on any atom is -0.445 e. The van der Waals surface area contributed by atoms with Crippen LogP contribution in [0.3, 0.4) is 0 Å². The van der Waals surface area contributed by atoms with Crippen molar-refractivity contribution in [3.63, 3.8) is 0 Å². The third-order valence-electron chi connectivity index (χ3n) is 5.73. The van der Waals surface area contributed by atoms with Crippen LogP contribution in [0.4, 0.5) is 8.68 Å². The molecule has 176 valence electrons. The van der Waals surface area contributed by atoms with Crippen LogP contribution in [-0.2, 0) is 30.9 Å². The van der Waals surface area contributed by atoms with Crippen molar-refractivity contribution in [2.24, 2.45) is 0 Å². The fourth-order valence-corrected chi connectivity index (χ4v) is 3.82. The summed E-state index contributed by atoms with van der Waals surface area (Å²) >= 11 is 0. The minimum absolute atomic E-state index is 0.0644. The molecule has 0 radical (unpaired) electrons. The van der Waals surface area contributed by atoms with E-state index in [-0.39, 0.29) is 18.7 Å². The smallest absolute Gasteiger partial charge is 0.445 e. The van der Waals surface area contributed by atoms with Gasteiger partial charge in [-0.05, 0) is 50.4 Å². The van der Waals surface area contributed by atoms with Crippen LogP contribution >= 0.6 is 0 Å². The second-order valence-electron chi connectivity index (χ2n) is 8.70. The van der Waals surface area contributed by atoms with Gasteiger partial charge in [-0.15, -0.1) is 3.89 Å². The van der Waals surface area contributed by atoms with Crippen LogP contribution in [0.1, 0.15) is 38.8 Å². The van der Waals surface area contributed by atoms with Gasteiger partial charge in [0.05, 0.1) is 11.2 Å². The molecule has 1 fully saturated rings. The Kier molecular flexibility index (Phi) is 7.31. The lowest BCUT2D eigenvalue weighted by molar-refractivity contribution is 0.00578. The van der Waals surface area contributed by atoms with Gasteiger partial charge in [-0.25, -0.2) is 4.79 Å². The summed E-state index contributed by atoms with van der Waals surface area (Å²) in [4.78, 5) is 11.8. The van der Waals surface area contributed by atoms with Gasteiger partial charge in [0.15, 0.2) is 0 Å². The van der Waals surface area contributed by atoms with Gasteiger partial charge in [-0.1, -0.05) is 54.6 Å².